The largest absolute Gasteiger partial charge is 0.497 e. The summed E-state index contributed by atoms with van der Waals surface area (Å²) in [6, 6.07) is 12.9. The monoisotopic (exact) mass is 364 g/mol. The first kappa shape index (κ1) is 17.1. The van der Waals surface area contributed by atoms with Gasteiger partial charge in [0.25, 0.3) is 5.56 Å². The lowest BCUT2D eigenvalue weighted by Crippen LogP contribution is -2.29. The predicted octanol–water partition coefficient (Wildman–Crippen LogP) is 3.41. The van der Waals surface area contributed by atoms with Crippen LogP contribution in [0.15, 0.2) is 47.3 Å². The van der Waals surface area contributed by atoms with Crippen LogP contribution in [0.2, 0.25) is 0 Å². The Balaban J connectivity index is 1.86. The lowest BCUT2D eigenvalue weighted by atomic mass is 10.0. The Hall–Kier alpha value is -3.28. The van der Waals surface area contributed by atoms with Gasteiger partial charge >= 0.3 is 5.97 Å². The zero-order valence-corrected chi connectivity index (χ0v) is 15.2. The maximum Gasteiger partial charge on any atom is 0.337 e. The van der Waals surface area contributed by atoms with E-state index in [0.717, 1.165) is 36.2 Å². The number of anilines is 2. The number of carbonyl (C=O) groups is 1. The predicted molar refractivity (Wildman–Crippen MR) is 104 cm³/mol. The minimum Gasteiger partial charge on any atom is -0.497 e. The van der Waals surface area contributed by atoms with Gasteiger partial charge in [-0.2, -0.15) is 0 Å². The average molecular weight is 364 g/mol. The molecule has 0 radical (unpaired) electrons. The molecule has 0 fully saturated rings. The quantitative estimate of drug-likeness (QED) is 0.721. The Morgan fingerprint density at radius 3 is 2.70 bits per heavy atom. The van der Waals surface area contributed by atoms with Crippen LogP contribution in [0.5, 0.6) is 5.75 Å². The fourth-order valence-electron chi connectivity index (χ4n) is 3.57. The van der Waals surface area contributed by atoms with Crippen LogP contribution in [-0.4, -0.2) is 31.7 Å². The molecule has 138 valence electrons. The molecule has 6 heteroatoms. The first-order chi connectivity index (χ1) is 13.1. The number of nitrogens with zero attached hydrogens (tertiary/aromatic N) is 1. The summed E-state index contributed by atoms with van der Waals surface area (Å²) >= 11 is 0. The van der Waals surface area contributed by atoms with Crippen LogP contribution >= 0.6 is 0 Å². The number of fused-ring (bicyclic) bond motifs is 2. The summed E-state index contributed by atoms with van der Waals surface area (Å²) < 4.78 is 10.1. The van der Waals surface area contributed by atoms with E-state index in [1.54, 1.807) is 25.3 Å². The van der Waals surface area contributed by atoms with E-state index in [1.165, 1.54) is 12.7 Å². The Kier molecular flexibility index (Phi) is 4.32. The van der Waals surface area contributed by atoms with Gasteiger partial charge in [0, 0.05) is 29.2 Å². The molecule has 1 aromatic heterocycles. The minimum absolute atomic E-state index is 0.163. The summed E-state index contributed by atoms with van der Waals surface area (Å²) in [4.78, 5) is 29.5. The van der Waals surface area contributed by atoms with Crippen molar-refractivity contribution in [2.24, 2.45) is 0 Å². The Morgan fingerprint density at radius 2 is 1.93 bits per heavy atom. The van der Waals surface area contributed by atoms with E-state index in [-0.39, 0.29) is 5.56 Å². The van der Waals surface area contributed by atoms with Crippen LogP contribution in [0, 0.1) is 0 Å². The molecular formula is C21H20N2O4. The molecule has 1 aliphatic heterocycles. The molecule has 0 amide bonds. The second-order valence-corrected chi connectivity index (χ2v) is 6.53. The first-order valence-corrected chi connectivity index (χ1v) is 8.80. The number of ether oxygens (including phenoxy) is 2. The van der Waals surface area contributed by atoms with Crippen LogP contribution in [0.25, 0.3) is 10.9 Å². The molecule has 1 N–H and O–H groups in total. The van der Waals surface area contributed by atoms with Gasteiger partial charge < -0.3 is 19.4 Å². The summed E-state index contributed by atoms with van der Waals surface area (Å²) in [5.74, 6) is 0.351. The van der Waals surface area contributed by atoms with Crippen molar-refractivity contribution in [3.8, 4) is 5.75 Å². The number of esters is 1. The van der Waals surface area contributed by atoms with Crippen LogP contribution in [-0.2, 0) is 11.2 Å². The molecule has 2 aromatic carbocycles. The Bertz CT molecular complexity index is 1090. The normalized spacial score (nSPS) is 13.3. The van der Waals surface area contributed by atoms with Crippen molar-refractivity contribution in [2.45, 2.75) is 12.8 Å². The third-order valence-corrected chi connectivity index (χ3v) is 4.95. The van der Waals surface area contributed by atoms with Gasteiger partial charge in [-0.15, -0.1) is 0 Å². The molecule has 0 saturated heterocycles. The summed E-state index contributed by atoms with van der Waals surface area (Å²) in [5, 5.41) is 0.780. The van der Waals surface area contributed by atoms with Gasteiger partial charge in [-0.3, -0.25) is 4.79 Å². The van der Waals surface area contributed by atoms with E-state index in [1.807, 2.05) is 29.2 Å². The number of hydrogen-bond donors (Lipinski definition) is 1. The fraction of sp³-hybridized carbons (Fsp3) is 0.238. The number of H-pyrrole nitrogens is 1. The zero-order valence-electron chi connectivity index (χ0n) is 15.2. The van der Waals surface area contributed by atoms with Gasteiger partial charge in [-0.1, -0.05) is 6.07 Å². The van der Waals surface area contributed by atoms with Crippen LogP contribution in [0.3, 0.4) is 0 Å². The number of rotatable bonds is 3. The molecule has 0 bridgehead atoms. The SMILES string of the molecule is COC(=O)c1ccc2[nH]c(=O)c(N3CCCc4ccc(OC)cc43)cc2c1. The lowest BCUT2D eigenvalue weighted by molar-refractivity contribution is 0.0601. The van der Waals surface area contributed by atoms with E-state index in [4.69, 9.17) is 9.47 Å². The van der Waals surface area contributed by atoms with Crippen molar-refractivity contribution >= 4 is 28.2 Å². The van der Waals surface area contributed by atoms with Crippen molar-refractivity contribution in [3.63, 3.8) is 0 Å². The van der Waals surface area contributed by atoms with Crippen LogP contribution < -0.4 is 15.2 Å². The highest BCUT2D eigenvalue weighted by Gasteiger charge is 2.22. The highest BCUT2D eigenvalue weighted by atomic mass is 16.5. The molecular weight excluding hydrogens is 344 g/mol. The van der Waals surface area contributed by atoms with Crippen molar-refractivity contribution in [3.05, 3.63) is 63.9 Å². The Labute approximate surface area is 156 Å². The highest BCUT2D eigenvalue weighted by molar-refractivity contribution is 5.95. The van der Waals surface area contributed by atoms with Crippen molar-refractivity contribution in [2.75, 3.05) is 25.7 Å². The number of aryl methyl sites for hydroxylation is 1. The zero-order chi connectivity index (χ0) is 19.0. The average Bonchev–Trinajstić information content (AvgIpc) is 2.71. The number of hydrogen-bond acceptors (Lipinski definition) is 5. The van der Waals surface area contributed by atoms with Gasteiger partial charge in [0.15, 0.2) is 0 Å². The second kappa shape index (κ2) is 6.79. The molecule has 0 unspecified atom stereocenters. The fourth-order valence-corrected chi connectivity index (χ4v) is 3.57. The van der Waals surface area contributed by atoms with Crippen molar-refractivity contribution < 1.29 is 14.3 Å². The standard InChI is InChI=1S/C21H20N2O4/c1-26-16-7-5-13-4-3-9-23(18(13)12-16)19-11-15-10-14(21(25)27-2)6-8-17(15)22-20(19)24/h5-8,10-12H,3-4,9H2,1-2H3,(H,22,24). The number of methoxy groups -OCH3 is 2. The molecule has 0 spiro atoms. The topological polar surface area (TPSA) is 71.6 Å². The number of aromatic amines is 1. The molecule has 27 heavy (non-hydrogen) atoms. The number of nitrogens with one attached hydrogen (secondary N) is 1. The van der Waals surface area contributed by atoms with Crippen LogP contribution in [0.1, 0.15) is 22.3 Å². The lowest BCUT2D eigenvalue weighted by Gasteiger charge is -2.31. The number of carbonyl (C=O) groups excluding carboxylic acids is 1. The molecule has 4 rings (SSSR count). The van der Waals surface area contributed by atoms with E-state index in [2.05, 4.69) is 4.98 Å². The van der Waals surface area contributed by atoms with Crippen molar-refractivity contribution in [1.29, 1.82) is 0 Å². The first-order valence-electron chi connectivity index (χ1n) is 8.80. The highest BCUT2D eigenvalue weighted by Crippen LogP contribution is 2.35. The molecule has 0 aliphatic carbocycles. The van der Waals surface area contributed by atoms with Crippen molar-refractivity contribution in [1.82, 2.24) is 4.98 Å². The minimum atomic E-state index is -0.405. The van der Waals surface area contributed by atoms with Gasteiger partial charge in [0.05, 0.1) is 19.8 Å². The summed E-state index contributed by atoms with van der Waals surface area (Å²) in [6.45, 7) is 0.742. The Morgan fingerprint density at radius 1 is 1.07 bits per heavy atom. The van der Waals surface area contributed by atoms with Gasteiger partial charge in [-0.25, -0.2) is 4.79 Å². The molecule has 0 saturated carbocycles. The van der Waals surface area contributed by atoms with E-state index in [9.17, 15) is 9.59 Å². The summed E-state index contributed by atoms with van der Waals surface area (Å²) in [6.07, 6.45) is 1.92. The smallest absolute Gasteiger partial charge is 0.337 e. The van der Waals surface area contributed by atoms with E-state index < -0.39 is 5.97 Å². The van der Waals surface area contributed by atoms with Gasteiger partial charge in [0.1, 0.15) is 11.4 Å². The second-order valence-electron chi connectivity index (χ2n) is 6.53. The maximum atomic E-state index is 12.8. The third kappa shape index (κ3) is 3.03. The molecule has 6 nitrogen and oxygen atoms in total. The summed E-state index contributed by atoms with van der Waals surface area (Å²) in [5.41, 5.74) is 3.69. The van der Waals surface area contributed by atoms with E-state index in [0.29, 0.717) is 16.8 Å². The summed E-state index contributed by atoms with van der Waals surface area (Å²) in [7, 11) is 2.98. The molecule has 3 aromatic rings. The molecule has 0 atom stereocenters. The third-order valence-electron chi connectivity index (χ3n) is 4.95. The molecule has 1 aliphatic rings. The van der Waals surface area contributed by atoms with Gasteiger partial charge in [-0.05, 0) is 48.7 Å². The maximum absolute atomic E-state index is 12.8. The number of aromatic nitrogens is 1. The number of benzene rings is 2. The number of pyridine rings is 1. The van der Waals surface area contributed by atoms with E-state index >= 15 is 0 Å². The molecule has 2 heterocycles. The van der Waals surface area contributed by atoms with Gasteiger partial charge in [0.2, 0.25) is 0 Å². The van der Waals surface area contributed by atoms with Crippen LogP contribution in [0.4, 0.5) is 11.4 Å².